The van der Waals surface area contributed by atoms with E-state index in [9.17, 15) is 4.79 Å². The molecule has 2 atom stereocenters. The number of carbonyl (C=O) groups is 1. The molecule has 22 heavy (non-hydrogen) atoms. The average molecular weight is 311 g/mol. The number of nitrogens with zero attached hydrogens (tertiary/aromatic N) is 1. The summed E-state index contributed by atoms with van der Waals surface area (Å²) in [6.45, 7) is 8.56. The SMILES string of the molecule is CN1CCCCC1CNC(CNC(=O)OC(C)(C)C)C1CC1. The second kappa shape index (κ2) is 7.64. The van der Waals surface area contributed by atoms with Gasteiger partial charge in [-0.15, -0.1) is 0 Å². The topological polar surface area (TPSA) is 53.6 Å². The molecule has 2 fully saturated rings. The van der Waals surface area contributed by atoms with Crippen LogP contribution in [0.3, 0.4) is 0 Å². The highest BCUT2D eigenvalue weighted by molar-refractivity contribution is 5.67. The molecule has 2 N–H and O–H groups in total. The summed E-state index contributed by atoms with van der Waals surface area (Å²) in [5.41, 5.74) is -0.433. The van der Waals surface area contributed by atoms with Gasteiger partial charge >= 0.3 is 6.09 Å². The number of hydrogen-bond donors (Lipinski definition) is 2. The second-order valence-corrected chi connectivity index (χ2v) is 7.87. The van der Waals surface area contributed by atoms with Crippen LogP contribution < -0.4 is 10.6 Å². The number of alkyl carbamates (subject to hydrolysis) is 1. The molecule has 0 bridgehead atoms. The Morgan fingerprint density at radius 3 is 2.59 bits per heavy atom. The van der Waals surface area contributed by atoms with Crippen molar-refractivity contribution in [3.05, 3.63) is 0 Å². The van der Waals surface area contributed by atoms with Crippen molar-refractivity contribution in [3.8, 4) is 0 Å². The van der Waals surface area contributed by atoms with Crippen LogP contribution in [0.2, 0.25) is 0 Å². The fourth-order valence-corrected chi connectivity index (χ4v) is 3.10. The Morgan fingerprint density at radius 1 is 1.27 bits per heavy atom. The maximum atomic E-state index is 11.8. The molecule has 0 aromatic carbocycles. The quantitative estimate of drug-likeness (QED) is 0.791. The van der Waals surface area contributed by atoms with Crippen molar-refractivity contribution >= 4 is 6.09 Å². The van der Waals surface area contributed by atoms with E-state index in [1.807, 2.05) is 20.8 Å². The van der Waals surface area contributed by atoms with Crippen LogP contribution in [0.4, 0.5) is 4.79 Å². The fraction of sp³-hybridized carbons (Fsp3) is 0.941. The van der Waals surface area contributed by atoms with Gasteiger partial charge in [-0.25, -0.2) is 4.79 Å². The Morgan fingerprint density at radius 2 is 2.00 bits per heavy atom. The van der Waals surface area contributed by atoms with Crippen molar-refractivity contribution in [1.82, 2.24) is 15.5 Å². The van der Waals surface area contributed by atoms with Gasteiger partial charge < -0.3 is 20.3 Å². The van der Waals surface area contributed by atoms with Gasteiger partial charge in [-0.1, -0.05) is 6.42 Å². The van der Waals surface area contributed by atoms with Gasteiger partial charge in [0.1, 0.15) is 5.60 Å². The van der Waals surface area contributed by atoms with Crippen molar-refractivity contribution in [2.24, 2.45) is 5.92 Å². The first kappa shape index (κ1) is 17.5. The summed E-state index contributed by atoms with van der Waals surface area (Å²) in [5, 5.41) is 6.61. The minimum atomic E-state index is -0.433. The molecule has 0 aromatic heterocycles. The van der Waals surface area contributed by atoms with Crippen molar-refractivity contribution in [2.45, 2.75) is 70.6 Å². The van der Waals surface area contributed by atoms with E-state index < -0.39 is 5.60 Å². The van der Waals surface area contributed by atoms with Gasteiger partial charge in [0.2, 0.25) is 0 Å². The van der Waals surface area contributed by atoms with Crippen LogP contribution in [0, 0.1) is 5.92 Å². The Kier molecular flexibility index (Phi) is 6.09. The fourth-order valence-electron chi connectivity index (χ4n) is 3.10. The molecule has 1 aliphatic carbocycles. The third-order valence-electron chi connectivity index (χ3n) is 4.59. The molecule has 1 amide bonds. The standard InChI is InChI=1S/C17H33N3O2/c1-17(2,3)22-16(21)19-12-15(13-8-9-13)18-11-14-7-5-6-10-20(14)4/h13-15,18H,5-12H2,1-4H3,(H,19,21). The molecular formula is C17H33N3O2. The van der Waals surface area contributed by atoms with Crippen molar-refractivity contribution < 1.29 is 9.53 Å². The molecule has 2 rings (SSSR count). The van der Waals surface area contributed by atoms with Crippen LogP contribution in [-0.4, -0.2) is 55.4 Å². The summed E-state index contributed by atoms with van der Waals surface area (Å²) in [5.74, 6) is 0.712. The molecule has 1 heterocycles. The molecule has 5 heteroatoms. The Labute approximate surface area is 135 Å². The van der Waals surface area contributed by atoms with Gasteiger partial charge in [0.25, 0.3) is 0 Å². The smallest absolute Gasteiger partial charge is 0.407 e. The third-order valence-corrected chi connectivity index (χ3v) is 4.59. The summed E-state index contributed by atoms with van der Waals surface area (Å²) in [6.07, 6.45) is 6.16. The number of rotatable bonds is 6. The van der Waals surface area contributed by atoms with Gasteiger partial charge in [0.05, 0.1) is 0 Å². The van der Waals surface area contributed by atoms with Gasteiger partial charge in [-0.05, 0) is 66.0 Å². The third kappa shape index (κ3) is 6.13. The van der Waals surface area contributed by atoms with Gasteiger partial charge in [-0.3, -0.25) is 0 Å². The molecule has 5 nitrogen and oxygen atoms in total. The van der Waals surface area contributed by atoms with Crippen LogP contribution >= 0.6 is 0 Å². The van der Waals surface area contributed by atoms with E-state index in [1.165, 1.54) is 38.6 Å². The zero-order valence-electron chi connectivity index (χ0n) is 14.7. The maximum Gasteiger partial charge on any atom is 0.407 e. The minimum Gasteiger partial charge on any atom is -0.444 e. The largest absolute Gasteiger partial charge is 0.444 e. The van der Waals surface area contributed by atoms with Crippen LogP contribution in [0.25, 0.3) is 0 Å². The zero-order valence-corrected chi connectivity index (χ0v) is 14.7. The molecule has 2 aliphatic rings. The van der Waals surface area contributed by atoms with E-state index in [1.54, 1.807) is 0 Å². The van der Waals surface area contributed by atoms with E-state index >= 15 is 0 Å². The highest BCUT2D eigenvalue weighted by Gasteiger charge is 2.32. The summed E-state index contributed by atoms with van der Waals surface area (Å²) in [7, 11) is 2.22. The zero-order chi connectivity index (χ0) is 16.2. The van der Waals surface area contributed by atoms with Crippen LogP contribution in [0.1, 0.15) is 52.9 Å². The molecule has 0 aromatic rings. The van der Waals surface area contributed by atoms with Crippen LogP contribution in [0.5, 0.6) is 0 Å². The van der Waals surface area contributed by atoms with Gasteiger partial charge in [0, 0.05) is 25.2 Å². The Bertz CT molecular complexity index is 363. The molecule has 1 saturated heterocycles. The number of hydrogen-bond acceptors (Lipinski definition) is 4. The average Bonchev–Trinajstić information content (AvgIpc) is 3.23. The van der Waals surface area contributed by atoms with E-state index in [0.29, 0.717) is 24.5 Å². The number of ether oxygens (including phenoxy) is 1. The molecule has 2 unspecified atom stereocenters. The number of nitrogens with one attached hydrogen (secondary N) is 2. The van der Waals surface area contributed by atoms with Gasteiger partial charge in [-0.2, -0.15) is 0 Å². The first-order chi connectivity index (χ1) is 10.3. The lowest BCUT2D eigenvalue weighted by molar-refractivity contribution is 0.0520. The second-order valence-electron chi connectivity index (χ2n) is 7.87. The lowest BCUT2D eigenvalue weighted by Gasteiger charge is -2.34. The van der Waals surface area contributed by atoms with Gasteiger partial charge in [0.15, 0.2) is 0 Å². The lowest BCUT2D eigenvalue weighted by Crippen LogP contribution is -2.49. The highest BCUT2D eigenvalue weighted by Crippen LogP contribution is 2.32. The predicted molar refractivity (Wildman–Crippen MR) is 89.0 cm³/mol. The number of amides is 1. The summed E-state index contributed by atoms with van der Waals surface area (Å²) in [6, 6.07) is 1.01. The van der Waals surface area contributed by atoms with Crippen molar-refractivity contribution in [3.63, 3.8) is 0 Å². The first-order valence-corrected chi connectivity index (χ1v) is 8.75. The van der Waals surface area contributed by atoms with E-state index in [4.69, 9.17) is 4.74 Å². The van der Waals surface area contributed by atoms with Crippen molar-refractivity contribution in [2.75, 3.05) is 26.7 Å². The molecule has 1 saturated carbocycles. The molecule has 0 radical (unpaired) electrons. The van der Waals surface area contributed by atoms with E-state index in [0.717, 1.165) is 6.54 Å². The van der Waals surface area contributed by atoms with E-state index in [2.05, 4.69) is 22.6 Å². The Balaban J connectivity index is 1.72. The first-order valence-electron chi connectivity index (χ1n) is 8.75. The maximum absolute atomic E-state index is 11.8. The number of likely N-dealkylation sites (N-methyl/N-ethyl adjacent to an activating group) is 1. The summed E-state index contributed by atoms with van der Waals surface area (Å²) < 4.78 is 5.31. The molecule has 1 aliphatic heterocycles. The minimum absolute atomic E-state index is 0.310. The van der Waals surface area contributed by atoms with E-state index in [-0.39, 0.29) is 6.09 Å². The summed E-state index contributed by atoms with van der Waals surface area (Å²) >= 11 is 0. The number of likely N-dealkylation sites (tertiary alicyclic amines) is 1. The van der Waals surface area contributed by atoms with Crippen molar-refractivity contribution in [1.29, 1.82) is 0 Å². The van der Waals surface area contributed by atoms with Crippen LogP contribution in [0.15, 0.2) is 0 Å². The molecular weight excluding hydrogens is 278 g/mol. The number of piperidine rings is 1. The molecule has 0 spiro atoms. The Hall–Kier alpha value is -0.810. The summed E-state index contributed by atoms with van der Waals surface area (Å²) in [4.78, 5) is 14.3. The number of carbonyl (C=O) groups excluding carboxylic acids is 1. The monoisotopic (exact) mass is 311 g/mol. The predicted octanol–water partition coefficient (Wildman–Crippen LogP) is 2.36. The molecule has 128 valence electrons. The van der Waals surface area contributed by atoms with Crippen LogP contribution in [-0.2, 0) is 4.74 Å². The highest BCUT2D eigenvalue weighted by atomic mass is 16.6. The lowest BCUT2D eigenvalue weighted by atomic mass is 10.0. The normalized spacial score (nSPS) is 24.8.